The highest BCUT2D eigenvalue weighted by molar-refractivity contribution is 5.79. The molecule has 1 aliphatic carbocycles. The van der Waals surface area contributed by atoms with Gasteiger partial charge in [0.25, 0.3) is 5.56 Å². The molecule has 0 radical (unpaired) electrons. The number of carbonyl (C=O) groups is 2. The molecule has 2 heterocycles. The van der Waals surface area contributed by atoms with Crippen molar-refractivity contribution in [3.8, 4) is 0 Å². The van der Waals surface area contributed by atoms with E-state index in [9.17, 15) is 14.4 Å². The number of nitrogens with one attached hydrogen (secondary N) is 1. The van der Waals surface area contributed by atoms with Gasteiger partial charge in [0.05, 0.1) is 5.69 Å². The molecule has 2 amide bonds. The topological polar surface area (TPSA) is 84.3 Å². The first-order valence-corrected chi connectivity index (χ1v) is 9.05. The second kappa shape index (κ2) is 7.37. The van der Waals surface area contributed by atoms with Gasteiger partial charge in [-0.05, 0) is 32.3 Å². The van der Waals surface area contributed by atoms with Gasteiger partial charge in [-0.25, -0.2) is 4.68 Å². The molecule has 1 unspecified atom stereocenters. The van der Waals surface area contributed by atoms with E-state index in [2.05, 4.69) is 10.4 Å². The van der Waals surface area contributed by atoms with Crippen molar-refractivity contribution in [1.82, 2.24) is 20.0 Å². The average Bonchev–Trinajstić information content (AvgIpc) is 3.20. The van der Waals surface area contributed by atoms with E-state index in [-0.39, 0.29) is 29.8 Å². The van der Waals surface area contributed by atoms with Gasteiger partial charge >= 0.3 is 0 Å². The number of nitrogens with zero attached hydrogens (tertiary/aromatic N) is 3. The average molecular weight is 346 g/mol. The fourth-order valence-electron chi connectivity index (χ4n) is 3.75. The summed E-state index contributed by atoms with van der Waals surface area (Å²) in [6.07, 6.45) is 5.11. The van der Waals surface area contributed by atoms with Crippen molar-refractivity contribution in [1.29, 1.82) is 0 Å². The third-order valence-electron chi connectivity index (χ3n) is 5.32. The SMILES string of the molecule is Cc1cc(=O)n(CC(=O)NCC2CC(=O)N(C3CCCC3)C2)nc1C. The lowest BCUT2D eigenvalue weighted by Crippen LogP contribution is -2.38. The zero-order valence-corrected chi connectivity index (χ0v) is 15.0. The molecule has 1 saturated heterocycles. The smallest absolute Gasteiger partial charge is 0.267 e. The summed E-state index contributed by atoms with van der Waals surface area (Å²) in [4.78, 5) is 38.2. The molecule has 136 valence electrons. The fraction of sp³-hybridized carbons (Fsp3) is 0.667. The Morgan fingerprint density at radius 3 is 2.72 bits per heavy atom. The number of likely N-dealkylation sites (tertiary alicyclic amines) is 1. The maximum atomic E-state index is 12.2. The van der Waals surface area contributed by atoms with E-state index in [1.165, 1.54) is 23.6 Å². The first-order chi connectivity index (χ1) is 11.9. The molecule has 7 heteroatoms. The first-order valence-electron chi connectivity index (χ1n) is 9.05. The highest BCUT2D eigenvalue weighted by Crippen LogP contribution is 2.29. The number of amides is 2. The van der Waals surface area contributed by atoms with Crippen molar-refractivity contribution in [3.63, 3.8) is 0 Å². The Bertz CT molecular complexity index is 722. The van der Waals surface area contributed by atoms with Crippen LogP contribution in [0.1, 0.15) is 43.4 Å². The van der Waals surface area contributed by atoms with Gasteiger partial charge in [0.1, 0.15) is 6.54 Å². The molecule has 1 N–H and O–H groups in total. The molecule has 1 aromatic heterocycles. The zero-order chi connectivity index (χ0) is 18.0. The van der Waals surface area contributed by atoms with E-state index in [0.29, 0.717) is 19.0 Å². The summed E-state index contributed by atoms with van der Waals surface area (Å²) < 4.78 is 1.18. The summed E-state index contributed by atoms with van der Waals surface area (Å²) in [7, 11) is 0. The van der Waals surface area contributed by atoms with Crippen LogP contribution in [0.3, 0.4) is 0 Å². The number of hydrogen-bond donors (Lipinski definition) is 1. The van der Waals surface area contributed by atoms with Gasteiger partial charge in [-0.2, -0.15) is 5.10 Å². The van der Waals surface area contributed by atoms with Crippen LogP contribution in [0.5, 0.6) is 0 Å². The predicted molar refractivity (Wildman–Crippen MR) is 93.1 cm³/mol. The highest BCUT2D eigenvalue weighted by Gasteiger charge is 2.35. The maximum Gasteiger partial charge on any atom is 0.267 e. The molecule has 3 rings (SSSR count). The second-order valence-corrected chi connectivity index (χ2v) is 7.27. The molecule has 1 aliphatic heterocycles. The monoisotopic (exact) mass is 346 g/mol. The Labute approximate surface area is 147 Å². The third-order valence-corrected chi connectivity index (χ3v) is 5.32. The van der Waals surface area contributed by atoms with Gasteiger partial charge in [-0.1, -0.05) is 12.8 Å². The summed E-state index contributed by atoms with van der Waals surface area (Å²) >= 11 is 0. The van der Waals surface area contributed by atoms with Crippen LogP contribution in [0.15, 0.2) is 10.9 Å². The van der Waals surface area contributed by atoms with Gasteiger partial charge in [0, 0.05) is 37.5 Å². The molecule has 2 fully saturated rings. The van der Waals surface area contributed by atoms with Gasteiger partial charge in [-0.3, -0.25) is 14.4 Å². The van der Waals surface area contributed by atoms with E-state index in [1.807, 2.05) is 18.7 Å². The molecular weight excluding hydrogens is 320 g/mol. The van der Waals surface area contributed by atoms with Gasteiger partial charge in [-0.15, -0.1) is 0 Å². The van der Waals surface area contributed by atoms with Crippen molar-refractivity contribution >= 4 is 11.8 Å². The molecule has 7 nitrogen and oxygen atoms in total. The van der Waals surface area contributed by atoms with Crippen LogP contribution in [0.4, 0.5) is 0 Å². The Morgan fingerprint density at radius 2 is 2.00 bits per heavy atom. The van der Waals surface area contributed by atoms with Crippen LogP contribution in [-0.4, -0.2) is 45.6 Å². The Kier molecular flexibility index (Phi) is 5.20. The Balaban J connectivity index is 1.50. The highest BCUT2D eigenvalue weighted by atomic mass is 16.2. The number of aromatic nitrogens is 2. The molecular formula is C18H26N4O3. The van der Waals surface area contributed by atoms with Gasteiger partial charge < -0.3 is 10.2 Å². The lowest BCUT2D eigenvalue weighted by Gasteiger charge is -2.24. The lowest BCUT2D eigenvalue weighted by atomic mass is 10.1. The van der Waals surface area contributed by atoms with Crippen molar-refractivity contribution in [3.05, 3.63) is 27.7 Å². The zero-order valence-electron chi connectivity index (χ0n) is 15.0. The molecule has 1 aromatic rings. The molecule has 0 spiro atoms. The number of carbonyl (C=O) groups excluding carboxylic acids is 2. The molecule has 25 heavy (non-hydrogen) atoms. The summed E-state index contributed by atoms with van der Waals surface area (Å²) in [5, 5.41) is 7.00. The minimum Gasteiger partial charge on any atom is -0.354 e. The normalized spacial score (nSPS) is 21.1. The number of rotatable bonds is 5. The summed E-state index contributed by atoms with van der Waals surface area (Å²) in [6, 6.07) is 1.89. The van der Waals surface area contributed by atoms with Crippen molar-refractivity contribution in [2.45, 2.75) is 58.5 Å². The van der Waals surface area contributed by atoms with Crippen LogP contribution in [-0.2, 0) is 16.1 Å². The van der Waals surface area contributed by atoms with Crippen LogP contribution >= 0.6 is 0 Å². The fourth-order valence-corrected chi connectivity index (χ4v) is 3.75. The Hall–Kier alpha value is -2.18. The van der Waals surface area contributed by atoms with E-state index in [0.717, 1.165) is 30.6 Å². The summed E-state index contributed by atoms with van der Waals surface area (Å²) in [5.41, 5.74) is 1.28. The van der Waals surface area contributed by atoms with Crippen LogP contribution in [0.25, 0.3) is 0 Å². The molecule has 1 atom stereocenters. The van der Waals surface area contributed by atoms with Crippen molar-refractivity contribution in [2.24, 2.45) is 5.92 Å². The van der Waals surface area contributed by atoms with Gasteiger partial charge in [0.15, 0.2) is 0 Å². The maximum absolute atomic E-state index is 12.2. The number of hydrogen-bond acceptors (Lipinski definition) is 4. The van der Waals surface area contributed by atoms with E-state index in [4.69, 9.17) is 0 Å². The molecule has 1 saturated carbocycles. The van der Waals surface area contributed by atoms with Gasteiger partial charge in [0.2, 0.25) is 11.8 Å². The minimum atomic E-state index is -0.276. The van der Waals surface area contributed by atoms with Crippen molar-refractivity contribution in [2.75, 3.05) is 13.1 Å². The standard InChI is InChI=1S/C18H26N4O3/c1-12-7-18(25)22(20-13(12)2)11-16(23)19-9-14-8-17(24)21(10-14)15-5-3-4-6-15/h7,14-15H,3-6,8-11H2,1-2H3,(H,19,23). The second-order valence-electron chi connectivity index (χ2n) is 7.27. The third kappa shape index (κ3) is 4.08. The molecule has 0 bridgehead atoms. The summed E-state index contributed by atoms with van der Waals surface area (Å²) in [6.45, 7) is 4.73. The van der Waals surface area contributed by atoms with E-state index >= 15 is 0 Å². The molecule has 2 aliphatic rings. The summed E-state index contributed by atoms with van der Waals surface area (Å²) in [5.74, 6) is 0.115. The van der Waals surface area contributed by atoms with Crippen LogP contribution in [0, 0.1) is 19.8 Å². The van der Waals surface area contributed by atoms with Crippen LogP contribution < -0.4 is 10.9 Å². The predicted octanol–water partition coefficient (Wildman–Crippen LogP) is 0.767. The minimum absolute atomic E-state index is 0.0903. The Morgan fingerprint density at radius 1 is 1.28 bits per heavy atom. The van der Waals surface area contributed by atoms with Crippen molar-refractivity contribution < 1.29 is 9.59 Å². The van der Waals surface area contributed by atoms with Crippen LogP contribution in [0.2, 0.25) is 0 Å². The first kappa shape index (κ1) is 17.6. The number of aryl methyl sites for hydroxylation is 2. The largest absolute Gasteiger partial charge is 0.354 e. The van der Waals surface area contributed by atoms with E-state index < -0.39 is 0 Å². The van der Waals surface area contributed by atoms with E-state index in [1.54, 1.807) is 0 Å². The quantitative estimate of drug-likeness (QED) is 0.853. The molecule has 0 aromatic carbocycles. The lowest BCUT2D eigenvalue weighted by molar-refractivity contribution is -0.129.